The van der Waals surface area contributed by atoms with Gasteiger partial charge >= 0.3 is 0 Å². The molecule has 0 aromatic carbocycles. The van der Waals surface area contributed by atoms with Crippen molar-refractivity contribution in [3.8, 4) is 0 Å². The molecule has 0 fully saturated rings. The minimum absolute atomic E-state index is 0.133. The second-order valence-corrected chi connectivity index (χ2v) is 1.21. The Morgan fingerprint density at radius 1 is 2.00 bits per heavy atom. The minimum atomic E-state index is -0.399. The smallest absolute Gasteiger partial charge is 0.240 e. The number of alkyl halides is 1. The van der Waals surface area contributed by atoms with Gasteiger partial charge in [-0.05, 0) is 0 Å². The molecule has 4 nitrogen and oxygen atoms in total. The molecule has 1 amide bonds. The molecular weight excluding hydrogens is 131 g/mol. The normalized spacial score (nSPS) is 9.62. The number of oxime groups is 1. The molecule has 0 unspecified atom stereocenters. The van der Waals surface area contributed by atoms with E-state index in [1.54, 1.807) is 0 Å². The zero-order valence-electron chi connectivity index (χ0n) is 3.97. The Morgan fingerprint density at radius 3 is 3.00 bits per heavy atom. The third kappa shape index (κ3) is 3.42. The molecule has 5 heteroatoms. The number of hydrogen-bond donors (Lipinski definition) is 2. The standard InChI is InChI=1S/C3H5ClN2O2/c4-1-3(7)5-2-6-8/h2,8H,1H2,(H,5,6,7). The van der Waals surface area contributed by atoms with Gasteiger partial charge in [-0.2, -0.15) is 0 Å². The van der Waals surface area contributed by atoms with Gasteiger partial charge in [0, 0.05) is 0 Å². The van der Waals surface area contributed by atoms with Crippen LogP contribution in [0.25, 0.3) is 0 Å². The van der Waals surface area contributed by atoms with Crippen LogP contribution in [0.15, 0.2) is 5.16 Å². The molecule has 8 heavy (non-hydrogen) atoms. The van der Waals surface area contributed by atoms with Crippen LogP contribution in [-0.4, -0.2) is 23.3 Å². The van der Waals surface area contributed by atoms with E-state index in [0.717, 1.165) is 6.34 Å². The van der Waals surface area contributed by atoms with Gasteiger partial charge < -0.3 is 10.5 Å². The first kappa shape index (κ1) is 7.23. The van der Waals surface area contributed by atoms with E-state index in [4.69, 9.17) is 16.8 Å². The molecule has 0 aliphatic heterocycles. The van der Waals surface area contributed by atoms with Gasteiger partial charge in [-0.15, -0.1) is 11.6 Å². The van der Waals surface area contributed by atoms with Gasteiger partial charge in [0.2, 0.25) is 5.91 Å². The molecule has 0 heterocycles. The summed E-state index contributed by atoms with van der Waals surface area (Å²) in [7, 11) is 0. The van der Waals surface area contributed by atoms with Gasteiger partial charge in [0.15, 0.2) is 0 Å². The van der Waals surface area contributed by atoms with Crippen molar-refractivity contribution < 1.29 is 10.0 Å². The molecule has 0 bridgehead atoms. The van der Waals surface area contributed by atoms with Crippen molar-refractivity contribution in [3.63, 3.8) is 0 Å². The van der Waals surface area contributed by atoms with E-state index in [9.17, 15) is 4.79 Å². The highest BCUT2D eigenvalue weighted by molar-refractivity contribution is 6.27. The van der Waals surface area contributed by atoms with Crippen molar-refractivity contribution in [1.29, 1.82) is 0 Å². The topological polar surface area (TPSA) is 61.7 Å². The van der Waals surface area contributed by atoms with Crippen LogP contribution in [0.5, 0.6) is 0 Å². The highest BCUT2D eigenvalue weighted by atomic mass is 35.5. The lowest BCUT2D eigenvalue weighted by molar-refractivity contribution is -0.117. The maximum absolute atomic E-state index is 10.1. The monoisotopic (exact) mass is 136 g/mol. The number of halogens is 1. The molecule has 46 valence electrons. The largest absolute Gasteiger partial charge is 0.410 e. The van der Waals surface area contributed by atoms with Crippen molar-refractivity contribution in [3.05, 3.63) is 0 Å². The van der Waals surface area contributed by atoms with Crippen molar-refractivity contribution in [1.82, 2.24) is 5.32 Å². The lowest BCUT2D eigenvalue weighted by atomic mass is 10.7. The zero-order valence-corrected chi connectivity index (χ0v) is 4.72. The molecule has 0 radical (unpaired) electrons. The maximum Gasteiger partial charge on any atom is 0.240 e. The third-order valence-corrected chi connectivity index (χ3v) is 0.647. The Bertz CT molecular complexity index is 103. The lowest BCUT2D eigenvalue weighted by Gasteiger charge is -1.87. The molecule has 0 spiro atoms. The van der Waals surface area contributed by atoms with Crippen LogP contribution in [-0.2, 0) is 4.79 Å². The Labute approximate surface area is 51.1 Å². The summed E-state index contributed by atoms with van der Waals surface area (Å²) in [5, 5.41) is 12.3. The summed E-state index contributed by atoms with van der Waals surface area (Å²) in [5.41, 5.74) is 0. The Kier molecular flexibility index (Phi) is 3.97. The van der Waals surface area contributed by atoms with E-state index in [1.807, 2.05) is 0 Å². The van der Waals surface area contributed by atoms with Crippen LogP contribution in [0, 0.1) is 0 Å². The van der Waals surface area contributed by atoms with Crippen LogP contribution in [0.3, 0.4) is 0 Å². The minimum Gasteiger partial charge on any atom is -0.410 e. The number of carbonyl (C=O) groups is 1. The number of amides is 1. The van der Waals surface area contributed by atoms with Crippen LogP contribution in [0.4, 0.5) is 0 Å². The van der Waals surface area contributed by atoms with E-state index >= 15 is 0 Å². The van der Waals surface area contributed by atoms with Crippen LogP contribution in [0.2, 0.25) is 0 Å². The first-order valence-electron chi connectivity index (χ1n) is 1.82. The molecule has 0 saturated carbocycles. The Balaban J connectivity index is 3.25. The number of nitrogens with one attached hydrogen (secondary N) is 1. The Morgan fingerprint density at radius 2 is 2.62 bits per heavy atom. The summed E-state index contributed by atoms with van der Waals surface area (Å²) in [4.78, 5) is 10.1. The summed E-state index contributed by atoms with van der Waals surface area (Å²) in [6.07, 6.45) is 0.852. The molecular formula is C3H5ClN2O2. The van der Waals surface area contributed by atoms with E-state index < -0.39 is 5.91 Å². The van der Waals surface area contributed by atoms with Crippen molar-refractivity contribution in [2.24, 2.45) is 5.16 Å². The van der Waals surface area contributed by atoms with Gasteiger partial charge in [0.1, 0.15) is 12.2 Å². The predicted molar refractivity (Wildman–Crippen MR) is 29.1 cm³/mol. The average molecular weight is 137 g/mol. The average Bonchev–Trinajstić information content (AvgIpc) is 1.83. The fraction of sp³-hybridized carbons (Fsp3) is 0.333. The van der Waals surface area contributed by atoms with Gasteiger partial charge in [-0.1, -0.05) is 5.16 Å². The first-order chi connectivity index (χ1) is 3.81. The number of nitrogens with zero attached hydrogens (tertiary/aromatic N) is 1. The maximum atomic E-state index is 10.1. The molecule has 0 aliphatic carbocycles. The summed E-state index contributed by atoms with van der Waals surface area (Å²) in [6.45, 7) is 0. The fourth-order valence-electron chi connectivity index (χ4n) is 0.139. The van der Waals surface area contributed by atoms with Crippen LogP contribution < -0.4 is 5.32 Å². The Hall–Kier alpha value is -0.770. The van der Waals surface area contributed by atoms with Crippen molar-refractivity contribution >= 4 is 23.8 Å². The summed E-state index contributed by atoms with van der Waals surface area (Å²) in [5.74, 6) is -0.532. The van der Waals surface area contributed by atoms with Gasteiger partial charge in [0.25, 0.3) is 0 Å². The summed E-state index contributed by atoms with van der Waals surface area (Å²) in [6, 6.07) is 0. The van der Waals surface area contributed by atoms with E-state index in [-0.39, 0.29) is 5.88 Å². The molecule has 0 atom stereocenters. The second kappa shape index (κ2) is 4.39. The first-order valence-corrected chi connectivity index (χ1v) is 2.36. The molecule has 0 aromatic heterocycles. The highest BCUT2D eigenvalue weighted by Crippen LogP contribution is 1.69. The quantitative estimate of drug-likeness (QED) is 0.181. The SMILES string of the molecule is O=C(CCl)NC=NO. The van der Waals surface area contributed by atoms with Crippen molar-refractivity contribution in [2.75, 3.05) is 5.88 Å². The van der Waals surface area contributed by atoms with Gasteiger partial charge in [-0.25, -0.2) is 0 Å². The summed E-state index contributed by atoms with van der Waals surface area (Å²) >= 11 is 5.03. The number of carbonyl (C=O) groups excluding carboxylic acids is 1. The second-order valence-electron chi connectivity index (χ2n) is 0.946. The van der Waals surface area contributed by atoms with Gasteiger partial charge in [-0.3, -0.25) is 4.79 Å². The number of hydrogen-bond acceptors (Lipinski definition) is 3. The number of rotatable bonds is 2. The third-order valence-electron chi connectivity index (χ3n) is 0.405. The van der Waals surface area contributed by atoms with Crippen molar-refractivity contribution in [2.45, 2.75) is 0 Å². The molecule has 2 N–H and O–H groups in total. The molecule has 0 saturated heterocycles. The van der Waals surface area contributed by atoms with Crippen LogP contribution >= 0.6 is 11.6 Å². The van der Waals surface area contributed by atoms with Crippen LogP contribution in [0.1, 0.15) is 0 Å². The molecule has 0 aromatic rings. The van der Waals surface area contributed by atoms with E-state index in [0.29, 0.717) is 0 Å². The lowest BCUT2D eigenvalue weighted by Crippen LogP contribution is -2.22. The zero-order chi connectivity index (χ0) is 6.41. The molecule has 0 aliphatic rings. The highest BCUT2D eigenvalue weighted by Gasteiger charge is 1.90. The summed E-state index contributed by atoms with van der Waals surface area (Å²) < 4.78 is 0. The molecule has 0 rings (SSSR count). The fourth-order valence-corrected chi connectivity index (χ4v) is 0.217. The predicted octanol–water partition coefficient (Wildman–Crippen LogP) is -0.241. The van der Waals surface area contributed by atoms with E-state index in [1.165, 1.54) is 0 Å². The van der Waals surface area contributed by atoms with Gasteiger partial charge in [0.05, 0.1) is 0 Å². The van der Waals surface area contributed by atoms with E-state index in [2.05, 4.69) is 10.5 Å².